The van der Waals surface area contributed by atoms with Gasteiger partial charge in [0.1, 0.15) is 0 Å². The molecule has 2 aromatic rings. The van der Waals surface area contributed by atoms with Crippen molar-refractivity contribution in [3.8, 4) is 5.82 Å². The molecule has 18 heavy (non-hydrogen) atoms. The molecule has 0 aromatic carbocycles. The van der Waals surface area contributed by atoms with E-state index in [0.29, 0.717) is 0 Å². The number of hydrogen-bond acceptors (Lipinski definition) is 6. The van der Waals surface area contributed by atoms with E-state index in [4.69, 9.17) is 27.9 Å². The summed E-state index contributed by atoms with van der Waals surface area (Å²) in [7, 11) is 0. The minimum atomic E-state index is -0.479. The first kappa shape index (κ1) is 12.7. The Morgan fingerprint density at radius 2 is 2.22 bits per heavy atom. The highest BCUT2D eigenvalue weighted by atomic mass is 35.5. The molecule has 0 saturated carbocycles. The van der Waals surface area contributed by atoms with Gasteiger partial charge < -0.3 is 4.74 Å². The molecule has 2 rings (SSSR count). The quantitative estimate of drug-likeness (QED) is 0.797. The zero-order valence-corrected chi connectivity index (χ0v) is 10.7. The number of carbonyl (C=O) groups excluding carboxylic acids is 1. The number of aromatic nitrogens is 5. The average Bonchev–Trinajstić information content (AvgIpc) is 2.82. The molecular weight excluding hydrogens is 281 g/mol. The molecule has 2 heterocycles. The predicted molar refractivity (Wildman–Crippen MR) is 62.9 cm³/mol. The topological polar surface area (TPSA) is 82.8 Å². The molecule has 0 aliphatic heterocycles. The van der Waals surface area contributed by atoms with E-state index in [1.807, 2.05) is 0 Å². The van der Waals surface area contributed by atoms with E-state index in [0.717, 1.165) is 0 Å². The molecule has 94 valence electrons. The van der Waals surface area contributed by atoms with Crippen LogP contribution >= 0.6 is 23.2 Å². The summed E-state index contributed by atoms with van der Waals surface area (Å²) < 4.78 is 6.10. The Balaban J connectivity index is 2.35. The van der Waals surface area contributed by atoms with Crippen LogP contribution in [-0.2, 0) is 4.74 Å². The van der Waals surface area contributed by atoms with Crippen molar-refractivity contribution in [3.63, 3.8) is 0 Å². The molecule has 0 radical (unpaired) electrons. The van der Waals surface area contributed by atoms with Crippen LogP contribution < -0.4 is 0 Å². The van der Waals surface area contributed by atoms with Crippen molar-refractivity contribution in [2.24, 2.45) is 0 Å². The Morgan fingerprint density at radius 3 is 2.94 bits per heavy atom. The molecule has 0 amide bonds. The van der Waals surface area contributed by atoms with Gasteiger partial charge in [0.15, 0.2) is 11.0 Å². The van der Waals surface area contributed by atoms with E-state index in [-0.39, 0.29) is 28.4 Å². The molecular formula is C9H7Cl2N5O2. The van der Waals surface area contributed by atoms with Crippen LogP contribution in [-0.4, -0.2) is 37.5 Å². The van der Waals surface area contributed by atoms with Gasteiger partial charge in [-0.3, -0.25) is 0 Å². The Labute approximate surface area is 112 Å². The zero-order valence-electron chi connectivity index (χ0n) is 9.17. The van der Waals surface area contributed by atoms with Crippen molar-refractivity contribution in [1.82, 2.24) is 25.0 Å². The first-order valence-corrected chi connectivity index (χ1v) is 5.65. The minimum Gasteiger partial charge on any atom is -0.462 e. The molecule has 0 aliphatic carbocycles. The van der Waals surface area contributed by atoms with Gasteiger partial charge in [-0.1, -0.05) is 11.6 Å². The lowest BCUT2D eigenvalue weighted by atomic mass is 10.4. The van der Waals surface area contributed by atoms with Crippen molar-refractivity contribution in [1.29, 1.82) is 0 Å². The molecule has 0 fully saturated rings. The maximum absolute atomic E-state index is 11.5. The number of ether oxygens (including phenoxy) is 1. The molecule has 0 spiro atoms. The molecule has 0 bridgehead atoms. The Morgan fingerprint density at radius 1 is 1.44 bits per heavy atom. The molecule has 7 nitrogen and oxygen atoms in total. The molecule has 2 aromatic heterocycles. The normalized spacial score (nSPS) is 10.4. The van der Waals surface area contributed by atoms with Crippen LogP contribution in [0.5, 0.6) is 0 Å². The second-order valence-electron chi connectivity index (χ2n) is 3.09. The summed E-state index contributed by atoms with van der Waals surface area (Å²) in [5, 5.41) is 11.0. The summed E-state index contributed by atoms with van der Waals surface area (Å²) in [6, 6.07) is 0. The maximum Gasteiger partial charge on any atom is 0.341 e. The molecule has 0 aliphatic rings. The Kier molecular flexibility index (Phi) is 3.73. The maximum atomic E-state index is 11.5. The first-order valence-electron chi connectivity index (χ1n) is 4.89. The van der Waals surface area contributed by atoms with Crippen molar-refractivity contribution in [2.75, 3.05) is 6.61 Å². The molecule has 0 saturated heterocycles. The number of nitrogens with zero attached hydrogens (tertiary/aromatic N) is 5. The summed E-state index contributed by atoms with van der Waals surface area (Å²) >= 11 is 11.4. The highest BCUT2D eigenvalue weighted by Crippen LogP contribution is 2.16. The van der Waals surface area contributed by atoms with Crippen molar-refractivity contribution in [3.05, 3.63) is 28.4 Å². The molecule has 9 heteroatoms. The van der Waals surface area contributed by atoms with Gasteiger partial charge in [0, 0.05) is 6.20 Å². The van der Waals surface area contributed by atoms with Crippen LogP contribution in [0.15, 0.2) is 12.4 Å². The second kappa shape index (κ2) is 5.28. The van der Waals surface area contributed by atoms with E-state index in [9.17, 15) is 4.79 Å². The lowest BCUT2D eigenvalue weighted by Gasteiger charge is -2.01. The third-order valence-electron chi connectivity index (χ3n) is 1.91. The summed E-state index contributed by atoms with van der Waals surface area (Å²) in [6.07, 6.45) is 2.76. The van der Waals surface area contributed by atoms with E-state index >= 15 is 0 Å². The fraction of sp³-hybridized carbons (Fsp3) is 0.222. The number of halogens is 2. The summed E-state index contributed by atoms with van der Waals surface area (Å²) in [6.45, 7) is 2.00. The first-order chi connectivity index (χ1) is 8.61. The highest BCUT2D eigenvalue weighted by molar-refractivity contribution is 6.31. The summed E-state index contributed by atoms with van der Waals surface area (Å²) in [4.78, 5) is 15.3. The third-order valence-corrected chi connectivity index (χ3v) is 2.32. The SMILES string of the molecule is CCOC(=O)c1cnn(-c2nc(Cl)nnc2Cl)c1. The van der Waals surface area contributed by atoms with Crippen LogP contribution in [0.1, 0.15) is 17.3 Å². The Hall–Kier alpha value is -1.73. The van der Waals surface area contributed by atoms with Crippen LogP contribution in [0, 0.1) is 0 Å². The lowest BCUT2D eigenvalue weighted by molar-refractivity contribution is 0.0526. The van der Waals surface area contributed by atoms with Crippen molar-refractivity contribution in [2.45, 2.75) is 6.92 Å². The fourth-order valence-electron chi connectivity index (χ4n) is 1.19. The smallest absolute Gasteiger partial charge is 0.341 e. The fourth-order valence-corrected chi connectivity index (χ4v) is 1.47. The standard InChI is InChI=1S/C9H7Cl2N5O2/c1-2-18-8(17)5-3-12-16(4-5)7-6(10)14-15-9(11)13-7/h3-4H,2H2,1H3. The van der Waals surface area contributed by atoms with Gasteiger partial charge >= 0.3 is 5.97 Å². The van der Waals surface area contributed by atoms with Crippen LogP contribution in [0.2, 0.25) is 10.4 Å². The van der Waals surface area contributed by atoms with Gasteiger partial charge in [-0.2, -0.15) is 10.1 Å². The molecule has 0 N–H and O–H groups in total. The minimum absolute atomic E-state index is 0.0258. The zero-order chi connectivity index (χ0) is 13.1. The van der Waals surface area contributed by atoms with Crippen LogP contribution in [0.25, 0.3) is 5.82 Å². The summed E-state index contributed by atoms with van der Waals surface area (Å²) in [5.74, 6) is -0.291. The largest absolute Gasteiger partial charge is 0.462 e. The number of rotatable bonds is 3. The van der Waals surface area contributed by atoms with Gasteiger partial charge in [0.05, 0.1) is 18.4 Å². The van der Waals surface area contributed by atoms with Gasteiger partial charge in [-0.05, 0) is 18.5 Å². The van der Waals surface area contributed by atoms with E-state index in [1.165, 1.54) is 17.1 Å². The van der Waals surface area contributed by atoms with E-state index in [1.54, 1.807) is 6.92 Å². The highest BCUT2D eigenvalue weighted by Gasteiger charge is 2.14. The molecule has 0 unspecified atom stereocenters. The van der Waals surface area contributed by atoms with Crippen molar-refractivity contribution < 1.29 is 9.53 Å². The number of esters is 1. The lowest BCUT2D eigenvalue weighted by Crippen LogP contribution is -2.04. The second-order valence-corrected chi connectivity index (χ2v) is 3.79. The van der Waals surface area contributed by atoms with Gasteiger partial charge in [0.2, 0.25) is 5.28 Å². The summed E-state index contributed by atoms with van der Waals surface area (Å²) in [5.41, 5.74) is 0.280. The van der Waals surface area contributed by atoms with Crippen LogP contribution in [0.4, 0.5) is 0 Å². The predicted octanol–water partition coefficient (Wildman–Crippen LogP) is 1.54. The molecule has 0 atom stereocenters. The van der Waals surface area contributed by atoms with Gasteiger partial charge in [0.25, 0.3) is 0 Å². The van der Waals surface area contributed by atoms with Crippen molar-refractivity contribution >= 4 is 29.2 Å². The monoisotopic (exact) mass is 287 g/mol. The van der Waals surface area contributed by atoms with Crippen LogP contribution in [0.3, 0.4) is 0 Å². The third kappa shape index (κ3) is 2.57. The number of hydrogen-bond donors (Lipinski definition) is 0. The van der Waals surface area contributed by atoms with Gasteiger partial charge in [-0.25, -0.2) is 9.48 Å². The van der Waals surface area contributed by atoms with E-state index < -0.39 is 5.97 Å². The Bertz CT molecular complexity index is 586. The number of carbonyl (C=O) groups is 1. The van der Waals surface area contributed by atoms with E-state index in [2.05, 4.69) is 20.3 Å². The average molecular weight is 288 g/mol. The van der Waals surface area contributed by atoms with Gasteiger partial charge in [-0.15, -0.1) is 10.2 Å².